The van der Waals surface area contributed by atoms with E-state index in [0.717, 1.165) is 4.47 Å². The molecule has 0 bridgehead atoms. The van der Waals surface area contributed by atoms with Crippen LogP contribution in [0.15, 0.2) is 28.7 Å². The second-order valence-electron chi connectivity index (χ2n) is 5.18. The van der Waals surface area contributed by atoms with Gasteiger partial charge in [-0.2, -0.15) is 0 Å². The molecule has 0 aromatic heterocycles. The lowest BCUT2D eigenvalue weighted by molar-refractivity contribution is -0.145. The fourth-order valence-electron chi connectivity index (χ4n) is 2.98. The van der Waals surface area contributed by atoms with E-state index >= 15 is 0 Å². The van der Waals surface area contributed by atoms with Crippen LogP contribution in [0.4, 0.5) is 0 Å². The third-order valence-corrected chi connectivity index (χ3v) is 6.86. The van der Waals surface area contributed by atoms with E-state index in [2.05, 4.69) is 15.9 Å². The van der Waals surface area contributed by atoms with Crippen LogP contribution in [-0.2, 0) is 19.4 Å². The molecular formula is C14H17BrO5S. The summed E-state index contributed by atoms with van der Waals surface area (Å²) >= 11 is 3.31. The summed E-state index contributed by atoms with van der Waals surface area (Å²) < 4.78 is 30.4. The predicted molar refractivity (Wildman–Crippen MR) is 82.1 cm³/mol. The fourth-order valence-corrected chi connectivity index (χ4v) is 5.30. The van der Waals surface area contributed by atoms with E-state index in [1.54, 1.807) is 24.3 Å². The average Bonchev–Trinajstić information content (AvgIpc) is 3.11. The number of benzene rings is 1. The van der Waals surface area contributed by atoms with Crippen LogP contribution in [0.25, 0.3) is 0 Å². The zero-order chi connectivity index (χ0) is 15.8. The van der Waals surface area contributed by atoms with E-state index < -0.39 is 32.4 Å². The number of carboxylic acid groups (broad SMARTS) is 1. The molecule has 0 radical (unpaired) electrons. The molecule has 0 aliphatic heterocycles. The molecule has 0 spiro atoms. The number of carboxylic acids is 1. The summed E-state index contributed by atoms with van der Waals surface area (Å²) in [4.78, 5) is 11.7. The summed E-state index contributed by atoms with van der Waals surface area (Å²) in [6, 6.07) is 7.08. The van der Waals surface area contributed by atoms with Crippen molar-refractivity contribution in [2.75, 3.05) is 19.5 Å². The highest BCUT2D eigenvalue weighted by molar-refractivity contribution is 9.10. The minimum Gasteiger partial charge on any atom is -0.481 e. The summed E-state index contributed by atoms with van der Waals surface area (Å²) in [7, 11) is -2.09. The number of aliphatic carboxylic acids is 1. The maximum absolute atomic E-state index is 12.3. The third kappa shape index (κ3) is 2.62. The molecule has 116 valence electrons. The molecule has 0 heterocycles. The Hall–Kier alpha value is -0.920. The van der Waals surface area contributed by atoms with Gasteiger partial charge in [-0.1, -0.05) is 35.0 Å². The quantitative estimate of drug-likeness (QED) is 0.821. The van der Waals surface area contributed by atoms with Gasteiger partial charge in [0.15, 0.2) is 9.84 Å². The Morgan fingerprint density at radius 1 is 1.38 bits per heavy atom. The van der Waals surface area contributed by atoms with Gasteiger partial charge in [-0.15, -0.1) is 0 Å². The first-order valence-corrected chi connectivity index (χ1v) is 9.01. The van der Waals surface area contributed by atoms with Gasteiger partial charge in [-0.05, 0) is 17.7 Å². The molecular weight excluding hydrogens is 360 g/mol. The number of ether oxygens (including phenoxy) is 1. The first-order valence-electron chi connectivity index (χ1n) is 6.50. The van der Waals surface area contributed by atoms with Crippen molar-refractivity contribution in [3.63, 3.8) is 0 Å². The Morgan fingerprint density at radius 2 is 1.95 bits per heavy atom. The Kier molecular flexibility index (Phi) is 4.46. The summed E-state index contributed by atoms with van der Waals surface area (Å²) in [5.41, 5.74) is -0.683. The molecule has 1 saturated carbocycles. The largest absolute Gasteiger partial charge is 0.481 e. The number of halogens is 1. The van der Waals surface area contributed by atoms with E-state index in [9.17, 15) is 18.3 Å². The first kappa shape index (κ1) is 16.5. The van der Waals surface area contributed by atoms with Crippen LogP contribution in [0.2, 0.25) is 0 Å². The molecule has 7 heteroatoms. The number of rotatable bonds is 6. The Labute approximate surface area is 132 Å². The van der Waals surface area contributed by atoms with Gasteiger partial charge in [0.25, 0.3) is 0 Å². The van der Waals surface area contributed by atoms with Crippen molar-refractivity contribution in [3.05, 3.63) is 34.3 Å². The number of carbonyl (C=O) groups is 1. The van der Waals surface area contributed by atoms with Crippen molar-refractivity contribution in [2.45, 2.75) is 18.1 Å². The molecule has 21 heavy (non-hydrogen) atoms. The lowest BCUT2D eigenvalue weighted by Crippen LogP contribution is -2.29. The molecule has 5 nitrogen and oxygen atoms in total. The van der Waals surface area contributed by atoms with Crippen molar-refractivity contribution in [2.24, 2.45) is 5.41 Å². The van der Waals surface area contributed by atoms with Crippen molar-refractivity contribution in [1.29, 1.82) is 0 Å². The molecule has 2 rings (SSSR count). The average molecular weight is 377 g/mol. The van der Waals surface area contributed by atoms with Crippen LogP contribution in [-0.4, -0.2) is 44.2 Å². The van der Waals surface area contributed by atoms with Crippen molar-refractivity contribution >= 4 is 31.7 Å². The molecule has 1 aliphatic carbocycles. The van der Waals surface area contributed by atoms with Crippen molar-refractivity contribution in [3.8, 4) is 0 Å². The second kappa shape index (κ2) is 5.70. The maximum Gasteiger partial charge on any atom is 0.314 e. The Morgan fingerprint density at radius 3 is 2.38 bits per heavy atom. The first-order chi connectivity index (χ1) is 9.81. The lowest BCUT2D eigenvalue weighted by Gasteiger charge is -2.11. The lowest BCUT2D eigenvalue weighted by atomic mass is 10.0. The highest BCUT2D eigenvalue weighted by atomic mass is 79.9. The zero-order valence-corrected chi connectivity index (χ0v) is 14.1. The number of hydrogen-bond acceptors (Lipinski definition) is 4. The maximum atomic E-state index is 12.3. The van der Waals surface area contributed by atoms with Crippen molar-refractivity contribution in [1.82, 2.24) is 0 Å². The summed E-state index contributed by atoms with van der Waals surface area (Å²) in [5, 5.41) is 8.66. The summed E-state index contributed by atoms with van der Waals surface area (Å²) in [5.74, 6) is -1.78. The van der Waals surface area contributed by atoms with Crippen LogP contribution in [0.1, 0.15) is 18.4 Å². The van der Waals surface area contributed by atoms with Gasteiger partial charge in [0, 0.05) is 23.3 Å². The standard InChI is InChI=1S/C14H17BrO5S/c1-3-21(18,19)12-11(9-4-6-10(15)7-5-9)14(12,8-20-2)13(16)17/h4-7,11-12H,3,8H2,1-2H3,(H,16,17). The van der Waals surface area contributed by atoms with Gasteiger partial charge in [0.05, 0.1) is 11.9 Å². The highest BCUT2D eigenvalue weighted by Gasteiger charge is 2.75. The van der Waals surface area contributed by atoms with Gasteiger partial charge >= 0.3 is 5.97 Å². The zero-order valence-electron chi connectivity index (χ0n) is 11.7. The van der Waals surface area contributed by atoms with Crippen LogP contribution >= 0.6 is 15.9 Å². The molecule has 0 saturated heterocycles. The van der Waals surface area contributed by atoms with Crippen LogP contribution in [0, 0.1) is 5.41 Å². The third-order valence-electron chi connectivity index (χ3n) is 4.06. The molecule has 3 atom stereocenters. The van der Waals surface area contributed by atoms with Crippen molar-refractivity contribution < 1.29 is 23.1 Å². The monoisotopic (exact) mass is 376 g/mol. The Bertz CT molecular complexity index is 640. The minimum atomic E-state index is -3.48. The molecule has 1 aromatic rings. The van der Waals surface area contributed by atoms with Gasteiger partial charge < -0.3 is 9.84 Å². The fraction of sp³-hybridized carbons (Fsp3) is 0.500. The topological polar surface area (TPSA) is 80.7 Å². The normalized spacial score (nSPS) is 28.3. The van der Waals surface area contributed by atoms with Gasteiger partial charge in [-0.3, -0.25) is 4.79 Å². The SMILES string of the molecule is CCS(=O)(=O)C1C(c2ccc(Br)cc2)C1(COC)C(=O)O. The molecule has 1 aromatic carbocycles. The Balaban J connectivity index is 2.51. The van der Waals surface area contributed by atoms with Crippen LogP contribution in [0.3, 0.4) is 0 Å². The van der Waals surface area contributed by atoms with E-state index in [-0.39, 0.29) is 12.4 Å². The predicted octanol–water partition coefficient (Wildman–Crippen LogP) is 2.07. The molecule has 1 N–H and O–H groups in total. The summed E-state index contributed by atoms with van der Waals surface area (Å²) in [6.45, 7) is 1.42. The number of hydrogen-bond donors (Lipinski definition) is 1. The van der Waals surface area contributed by atoms with Crippen LogP contribution in [0.5, 0.6) is 0 Å². The molecule has 1 fully saturated rings. The highest BCUT2D eigenvalue weighted by Crippen LogP contribution is 2.63. The molecule has 3 unspecified atom stereocenters. The number of sulfone groups is 1. The van der Waals surface area contributed by atoms with E-state index in [1.807, 2.05) is 0 Å². The van der Waals surface area contributed by atoms with Gasteiger partial charge in [0.1, 0.15) is 5.41 Å². The molecule has 0 amide bonds. The van der Waals surface area contributed by atoms with E-state index in [4.69, 9.17) is 4.74 Å². The smallest absolute Gasteiger partial charge is 0.314 e. The van der Waals surface area contributed by atoms with Gasteiger partial charge in [-0.25, -0.2) is 8.42 Å². The van der Waals surface area contributed by atoms with E-state index in [1.165, 1.54) is 14.0 Å². The number of methoxy groups -OCH3 is 1. The summed E-state index contributed by atoms with van der Waals surface area (Å²) in [6.07, 6.45) is 0. The second-order valence-corrected chi connectivity index (χ2v) is 8.51. The van der Waals surface area contributed by atoms with E-state index in [0.29, 0.717) is 5.56 Å². The van der Waals surface area contributed by atoms with Crippen LogP contribution < -0.4 is 0 Å². The molecule has 1 aliphatic rings. The minimum absolute atomic E-state index is 0.0799. The van der Waals surface area contributed by atoms with Gasteiger partial charge in [0.2, 0.25) is 0 Å².